The quantitative estimate of drug-likeness (QED) is 0.657. The van der Waals surface area contributed by atoms with Gasteiger partial charge in [-0.1, -0.05) is 12.1 Å². The van der Waals surface area contributed by atoms with E-state index in [0.717, 1.165) is 12.2 Å². The van der Waals surface area contributed by atoms with Crippen LogP contribution in [0.25, 0.3) is 0 Å². The summed E-state index contributed by atoms with van der Waals surface area (Å²) in [6.07, 6.45) is 0. The molecule has 2 rings (SSSR count). The molecule has 20 heavy (non-hydrogen) atoms. The van der Waals surface area contributed by atoms with Gasteiger partial charge in [-0.05, 0) is 20.0 Å². The van der Waals surface area contributed by atoms with Crippen molar-refractivity contribution in [1.82, 2.24) is 9.88 Å². The van der Waals surface area contributed by atoms with Crippen molar-refractivity contribution >= 4 is 17.2 Å². The Morgan fingerprint density at radius 3 is 2.75 bits per heavy atom. The van der Waals surface area contributed by atoms with Crippen molar-refractivity contribution < 1.29 is 4.39 Å². The molecule has 6 heteroatoms. The molecule has 1 heterocycles. The van der Waals surface area contributed by atoms with Gasteiger partial charge in [0.25, 0.3) is 0 Å². The van der Waals surface area contributed by atoms with Crippen LogP contribution in [0.3, 0.4) is 0 Å². The summed E-state index contributed by atoms with van der Waals surface area (Å²) in [5.41, 5.74) is 9.19. The maximum atomic E-state index is 13.9. The van der Waals surface area contributed by atoms with Crippen LogP contribution in [0, 0.1) is 18.2 Å². The average molecular weight is 292 g/mol. The molecule has 3 N–H and O–H groups in total. The molecule has 4 nitrogen and oxygen atoms in total. The van der Waals surface area contributed by atoms with Gasteiger partial charge in [-0.3, -0.25) is 10.3 Å². The summed E-state index contributed by atoms with van der Waals surface area (Å²) in [5.74, 6) is -0.449. The topological polar surface area (TPSA) is 66.0 Å². The fourth-order valence-corrected chi connectivity index (χ4v) is 2.77. The first-order valence-corrected chi connectivity index (χ1v) is 7.05. The minimum absolute atomic E-state index is 0.121. The van der Waals surface area contributed by atoms with Gasteiger partial charge in [0, 0.05) is 29.1 Å². The van der Waals surface area contributed by atoms with Crippen LogP contribution in [0.1, 0.15) is 21.7 Å². The summed E-state index contributed by atoms with van der Waals surface area (Å²) < 4.78 is 13.9. The van der Waals surface area contributed by atoms with Gasteiger partial charge >= 0.3 is 0 Å². The lowest BCUT2D eigenvalue weighted by atomic mass is 10.1. The van der Waals surface area contributed by atoms with E-state index in [1.807, 2.05) is 24.4 Å². The zero-order chi connectivity index (χ0) is 14.7. The second kappa shape index (κ2) is 6.11. The van der Waals surface area contributed by atoms with Gasteiger partial charge in [0.15, 0.2) is 0 Å². The number of aromatic nitrogens is 1. The van der Waals surface area contributed by atoms with Gasteiger partial charge < -0.3 is 5.73 Å². The first kappa shape index (κ1) is 14.6. The zero-order valence-electron chi connectivity index (χ0n) is 11.5. The Morgan fingerprint density at radius 1 is 1.45 bits per heavy atom. The number of hydrogen-bond donors (Lipinski definition) is 2. The number of nitrogen functional groups attached to an aromatic ring is 1. The Kier molecular flexibility index (Phi) is 4.46. The number of nitrogens with zero attached hydrogens (tertiary/aromatic N) is 2. The van der Waals surface area contributed by atoms with Crippen molar-refractivity contribution in [2.24, 2.45) is 5.73 Å². The summed E-state index contributed by atoms with van der Waals surface area (Å²) in [6, 6.07) is 4.66. The molecule has 0 aliphatic heterocycles. The van der Waals surface area contributed by atoms with Crippen molar-refractivity contribution in [2.45, 2.75) is 20.0 Å². The third-order valence-corrected chi connectivity index (χ3v) is 3.98. The highest BCUT2D eigenvalue weighted by atomic mass is 32.1. The molecule has 1 aromatic heterocycles. The number of rotatable bonds is 5. The molecule has 0 unspecified atom stereocenters. The lowest BCUT2D eigenvalue weighted by Gasteiger charge is -2.16. The predicted octanol–water partition coefficient (Wildman–Crippen LogP) is 2.51. The zero-order valence-corrected chi connectivity index (χ0v) is 12.3. The Hall–Kier alpha value is -1.79. The van der Waals surface area contributed by atoms with E-state index < -0.39 is 0 Å². The number of thiazole rings is 1. The molecule has 0 fully saturated rings. The minimum atomic E-state index is -0.328. The highest BCUT2D eigenvalue weighted by Crippen LogP contribution is 2.17. The molecule has 0 spiro atoms. The molecule has 2 aromatic rings. The van der Waals surface area contributed by atoms with Gasteiger partial charge in [-0.25, -0.2) is 9.37 Å². The number of amidine groups is 1. The highest BCUT2D eigenvalue weighted by molar-refractivity contribution is 7.09. The monoisotopic (exact) mass is 292 g/mol. The second-order valence-electron chi connectivity index (χ2n) is 4.75. The molecule has 0 aliphatic rings. The summed E-state index contributed by atoms with van der Waals surface area (Å²) >= 11 is 1.61. The molecule has 0 aliphatic carbocycles. The van der Waals surface area contributed by atoms with Gasteiger partial charge in [-0.15, -0.1) is 11.3 Å². The van der Waals surface area contributed by atoms with Crippen LogP contribution in [0.5, 0.6) is 0 Å². The van der Waals surface area contributed by atoms with E-state index in [9.17, 15) is 4.39 Å². The predicted molar refractivity (Wildman–Crippen MR) is 79.4 cm³/mol. The van der Waals surface area contributed by atoms with Crippen LogP contribution in [-0.4, -0.2) is 22.8 Å². The van der Waals surface area contributed by atoms with Crippen LogP contribution >= 0.6 is 11.3 Å². The summed E-state index contributed by atoms with van der Waals surface area (Å²) in [6.45, 7) is 3.22. The maximum Gasteiger partial charge on any atom is 0.128 e. The first-order valence-electron chi connectivity index (χ1n) is 6.17. The number of hydrogen-bond acceptors (Lipinski definition) is 4. The van der Waals surface area contributed by atoms with Crippen molar-refractivity contribution in [1.29, 1.82) is 5.41 Å². The van der Waals surface area contributed by atoms with Crippen molar-refractivity contribution in [3.63, 3.8) is 0 Å². The van der Waals surface area contributed by atoms with E-state index in [2.05, 4.69) is 4.98 Å². The Bertz CT molecular complexity index is 623. The summed E-state index contributed by atoms with van der Waals surface area (Å²) in [7, 11) is 1.94. The second-order valence-corrected chi connectivity index (χ2v) is 5.69. The van der Waals surface area contributed by atoms with Crippen LogP contribution in [0.2, 0.25) is 0 Å². The van der Waals surface area contributed by atoms with Crippen molar-refractivity contribution in [2.75, 3.05) is 7.05 Å². The van der Waals surface area contributed by atoms with Crippen molar-refractivity contribution in [3.8, 4) is 0 Å². The van der Waals surface area contributed by atoms with E-state index in [0.29, 0.717) is 17.7 Å². The van der Waals surface area contributed by atoms with Crippen LogP contribution < -0.4 is 5.73 Å². The van der Waals surface area contributed by atoms with Crippen molar-refractivity contribution in [3.05, 3.63) is 51.2 Å². The van der Waals surface area contributed by atoms with Gasteiger partial charge in [-0.2, -0.15) is 0 Å². The number of aryl methyl sites for hydroxylation is 1. The molecule has 0 amide bonds. The third-order valence-electron chi connectivity index (χ3n) is 3.06. The van der Waals surface area contributed by atoms with Gasteiger partial charge in [0.2, 0.25) is 0 Å². The Labute approximate surface area is 121 Å². The maximum absolute atomic E-state index is 13.9. The van der Waals surface area contributed by atoms with E-state index in [1.165, 1.54) is 10.9 Å². The van der Waals surface area contributed by atoms with E-state index in [1.54, 1.807) is 23.5 Å². The Balaban J connectivity index is 2.06. The lowest BCUT2D eigenvalue weighted by Crippen LogP contribution is -2.18. The molecule has 0 saturated carbocycles. The number of halogens is 1. The van der Waals surface area contributed by atoms with Gasteiger partial charge in [0.1, 0.15) is 11.7 Å². The van der Waals surface area contributed by atoms with Gasteiger partial charge in [0.05, 0.1) is 11.2 Å². The molecular weight excluding hydrogens is 275 g/mol. The smallest absolute Gasteiger partial charge is 0.128 e. The largest absolute Gasteiger partial charge is 0.384 e. The van der Waals surface area contributed by atoms with E-state index in [4.69, 9.17) is 11.1 Å². The number of benzene rings is 1. The van der Waals surface area contributed by atoms with E-state index >= 15 is 0 Å². The molecule has 0 atom stereocenters. The standard InChI is InChI=1S/C14H17FN4S/c1-9-13(20-8-18-9)7-19(2)6-11-4-3-10(14(16)17)5-12(11)15/h3-5,8H,6-7H2,1-2H3,(H3,16,17). The Morgan fingerprint density at radius 2 is 2.20 bits per heavy atom. The fraction of sp³-hybridized carbons (Fsp3) is 0.286. The average Bonchev–Trinajstić information content (AvgIpc) is 2.77. The van der Waals surface area contributed by atoms with Crippen LogP contribution in [0.15, 0.2) is 23.7 Å². The molecule has 0 radical (unpaired) electrons. The minimum Gasteiger partial charge on any atom is -0.384 e. The highest BCUT2D eigenvalue weighted by Gasteiger charge is 2.10. The van der Waals surface area contributed by atoms with E-state index in [-0.39, 0.29) is 11.7 Å². The van der Waals surface area contributed by atoms with Crippen LogP contribution in [0.4, 0.5) is 4.39 Å². The fourth-order valence-electron chi connectivity index (χ4n) is 1.91. The number of nitrogens with two attached hydrogens (primary N) is 1. The molecule has 1 aromatic carbocycles. The summed E-state index contributed by atoms with van der Waals surface area (Å²) in [5, 5.41) is 7.29. The lowest BCUT2D eigenvalue weighted by molar-refractivity contribution is 0.315. The third kappa shape index (κ3) is 3.40. The molecule has 0 bridgehead atoms. The SMILES string of the molecule is Cc1ncsc1CN(C)Cc1ccc(C(=N)N)cc1F. The molecule has 0 saturated heterocycles. The number of nitrogens with one attached hydrogen (secondary N) is 1. The normalized spacial score (nSPS) is 11.0. The molecular formula is C14H17FN4S. The first-order chi connectivity index (χ1) is 9.47. The molecule has 106 valence electrons. The summed E-state index contributed by atoms with van der Waals surface area (Å²) in [4.78, 5) is 7.43. The van der Waals surface area contributed by atoms with Crippen LogP contribution in [-0.2, 0) is 13.1 Å².